The first-order chi connectivity index (χ1) is 18.3. The van der Waals surface area contributed by atoms with E-state index in [1.807, 2.05) is 6.08 Å². The maximum atomic E-state index is 11.1. The fourth-order valence-electron chi connectivity index (χ4n) is 5.01. The van der Waals surface area contributed by atoms with Crippen LogP contribution in [-0.2, 0) is 14.4 Å². The van der Waals surface area contributed by atoms with Gasteiger partial charge in [-0.2, -0.15) is 0 Å². The van der Waals surface area contributed by atoms with Gasteiger partial charge in [-0.15, -0.1) is 0 Å². The Hall–Kier alpha value is -1.89. The number of carboxylic acid groups (broad SMARTS) is 3. The second-order valence-electron chi connectivity index (χ2n) is 11.0. The molecule has 7 nitrogen and oxygen atoms in total. The van der Waals surface area contributed by atoms with E-state index in [2.05, 4.69) is 13.0 Å². The standard InChI is InChI=1S/C31H57NO6/c1-2-3-4-5-6-7-8-9-10-11-12-13-14-15-16-17-18-19-20-21-25-32(26-22-29(33)34,27-23-30(35)36)28-24-31(37)38/h20-21H,2-19,22-28H2,1H3,(H2-,33,34,35,36,37,38)/b21-20+. The van der Waals surface area contributed by atoms with Gasteiger partial charge in [0.25, 0.3) is 0 Å². The van der Waals surface area contributed by atoms with Crippen molar-refractivity contribution >= 4 is 17.9 Å². The Morgan fingerprint density at radius 1 is 0.579 bits per heavy atom. The summed E-state index contributed by atoms with van der Waals surface area (Å²) in [6, 6.07) is 0. The highest BCUT2D eigenvalue weighted by Crippen LogP contribution is 2.15. The van der Waals surface area contributed by atoms with Crippen molar-refractivity contribution in [2.45, 2.75) is 142 Å². The summed E-state index contributed by atoms with van der Waals surface area (Å²) in [7, 11) is 0. The van der Waals surface area contributed by atoms with Gasteiger partial charge < -0.3 is 24.6 Å². The van der Waals surface area contributed by atoms with Crippen LogP contribution in [0.15, 0.2) is 12.2 Å². The number of nitrogens with zero attached hydrogens (tertiary/aromatic N) is 1. The Kier molecular flexibility index (Phi) is 24.1. The molecule has 0 saturated heterocycles. The molecule has 0 rings (SSSR count). The quantitative estimate of drug-likeness (QED) is 0.0638. The lowest BCUT2D eigenvalue weighted by molar-refractivity contribution is -0.921. The van der Waals surface area contributed by atoms with Crippen molar-refractivity contribution in [1.82, 2.24) is 0 Å². The molecule has 0 spiro atoms. The van der Waals surface area contributed by atoms with Crippen molar-refractivity contribution in [3.63, 3.8) is 0 Å². The third kappa shape index (κ3) is 24.4. The summed E-state index contributed by atoms with van der Waals surface area (Å²) >= 11 is 0. The number of carbonyl (C=O) groups excluding carboxylic acids is 1. The Balaban J connectivity index is 3.96. The van der Waals surface area contributed by atoms with E-state index < -0.39 is 17.9 Å². The van der Waals surface area contributed by atoms with Crippen molar-refractivity contribution in [1.29, 1.82) is 0 Å². The first-order valence-electron chi connectivity index (χ1n) is 15.4. The van der Waals surface area contributed by atoms with Crippen LogP contribution in [0.4, 0.5) is 0 Å². The van der Waals surface area contributed by atoms with E-state index >= 15 is 0 Å². The van der Waals surface area contributed by atoms with Crippen LogP contribution in [0.3, 0.4) is 0 Å². The lowest BCUT2D eigenvalue weighted by atomic mass is 10.0. The monoisotopic (exact) mass is 539 g/mol. The van der Waals surface area contributed by atoms with E-state index in [4.69, 9.17) is 10.2 Å². The summed E-state index contributed by atoms with van der Waals surface area (Å²) in [6.07, 6.45) is 27.3. The van der Waals surface area contributed by atoms with E-state index in [1.165, 1.54) is 103 Å². The molecule has 0 aromatic carbocycles. The molecule has 0 aliphatic rings. The number of carbonyl (C=O) groups is 3. The first-order valence-corrected chi connectivity index (χ1v) is 15.4. The minimum atomic E-state index is -1.20. The minimum Gasteiger partial charge on any atom is -0.550 e. The normalized spacial score (nSPS) is 11.8. The van der Waals surface area contributed by atoms with E-state index in [0.717, 1.165) is 12.8 Å². The smallest absolute Gasteiger partial charge is 0.309 e. The maximum Gasteiger partial charge on any atom is 0.309 e. The van der Waals surface area contributed by atoms with Gasteiger partial charge in [-0.3, -0.25) is 9.59 Å². The fourth-order valence-corrected chi connectivity index (χ4v) is 5.01. The summed E-state index contributed by atoms with van der Waals surface area (Å²) < 4.78 is 0.141. The lowest BCUT2D eigenvalue weighted by Crippen LogP contribution is -2.52. The highest BCUT2D eigenvalue weighted by Gasteiger charge is 2.27. The maximum absolute atomic E-state index is 11.1. The molecule has 0 atom stereocenters. The molecule has 0 aliphatic heterocycles. The second kappa shape index (κ2) is 25.4. The van der Waals surface area contributed by atoms with Crippen molar-refractivity contribution in [2.24, 2.45) is 0 Å². The predicted octanol–water partition coefficient (Wildman–Crippen LogP) is 6.49. The number of allylic oxidation sites excluding steroid dienone is 1. The van der Waals surface area contributed by atoms with E-state index in [1.54, 1.807) is 0 Å². The molecule has 0 radical (unpaired) electrons. The van der Waals surface area contributed by atoms with Crippen LogP contribution >= 0.6 is 0 Å². The third-order valence-electron chi connectivity index (χ3n) is 7.52. The van der Waals surface area contributed by atoms with Crippen molar-refractivity contribution < 1.29 is 34.2 Å². The summed E-state index contributed by atoms with van der Waals surface area (Å²) in [5, 5.41) is 29.2. The number of unbranched alkanes of at least 4 members (excludes halogenated alkanes) is 17. The first kappa shape index (κ1) is 36.1. The van der Waals surface area contributed by atoms with E-state index in [9.17, 15) is 19.5 Å². The summed E-state index contributed by atoms with van der Waals surface area (Å²) in [6.45, 7) is 3.29. The second-order valence-corrected chi connectivity index (χ2v) is 11.0. The molecule has 0 unspecified atom stereocenters. The molecule has 0 bridgehead atoms. The van der Waals surface area contributed by atoms with Crippen LogP contribution in [0.5, 0.6) is 0 Å². The van der Waals surface area contributed by atoms with Crippen molar-refractivity contribution in [3.8, 4) is 0 Å². The van der Waals surface area contributed by atoms with Crippen LogP contribution in [0, 0.1) is 0 Å². The van der Waals surface area contributed by atoms with Gasteiger partial charge in [0.15, 0.2) is 0 Å². The van der Waals surface area contributed by atoms with Crippen LogP contribution in [0.2, 0.25) is 0 Å². The predicted molar refractivity (Wildman–Crippen MR) is 152 cm³/mol. The molecule has 38 heavy (non-hydrogen) atoms. The number of carboxylic acids is 3. The number of hydrogen-bond donors (Lipinski definition) is 2. The highest BCUT2D eigenvalue weighted by molar-refractivity contribution is 5.67. The summed E-state index contributed by atoms with van der Waals surface area (Å²) in [5.74, 6) is -3.14. The Labute approximate surface area is 232 Å². The van der Waals surface area contributed by atoms with Gasteiger partial charge in [0.2, 0.25) is 0 Å². The van der Waals surface area contributed by atoms with Crippen LogP contribution in [-0.4, -0.2) is 58.8 Å². The molecule has 7 heteroatoms. The Morgan fingerprint density at radius 3 is 1.32 bits per heavy atom. The molecule has 0 saturated carbocycles. The van der Waals surface area contributed by atoms with Gasteiger partial charge in [-0.25, -0.2) is 0 Å². The van der Waals surface area contributed by atoms with Gasteiger partial charge in [-0.05, 0) is 18.9 Å². The van der Waals surface area contributed by atoms with Crippen molar-refractivity contribution in [2.75, 3.05) is 26.2 Å². The summed E-state index contributed by atoms with van der Waals surface area (Å²) in [4.78, 5) is 33.2. The Morgan fingerprint density at radius 2 is 0.947 bits per heavy atom. The molecular weight excluding hydrogens is 482 g/mol. The SMILES string of the molecule is CCCCCCCCCCCCCCCCCCC/C=C/C[N+](CCC(=O)[O-])(CCC(=O)O)CCC(=O)O. The van der Waals surface area contributed by atoms with E-state index in [0.29, 0.717) is 6.54 Å². The van der Waals surface area contributed by atoms with Crippen LogP contribution in [0.1, 0.15) is 142 Å². The average Bonchev–Trinajstić information content (AvgIpc) is 2.88. The number of quaternary nitrogens is 1. The molecule has 0 amide bonds. The van der Waals surface area contributed by atoms with Gasteiger partial charge in [0.05, 0.1) is 39.0 Å². The fraction of sp³-hybridized carbons (Fsp3) is 0.839. The van der Waals surface area contributed by atoms with Crippen LogP contribution in [0.25, 0.3) is 0 Å². The third-order valence-corrected chi connectivity index (χ3v) is 7.52. The Bertz CT molecular complexity index is 588. The van der Waals surface area contributed by atoms with Crippen LogP contribution < -0.4 is 5.11 Å². The van der Waals surface area contributed by atoms with Gasteiger partial charge in [-0.1, -0.05) is 116 Å². The summed E-state index contributed by atoms with van der Waals surface area (Å²) in [5.41, 5.74) is 0. The number of hydrogen-bond acceptors (Lipinski definition) is 4. The number of aliphatic carboxylic acids is 3. The highest BCUT2D eigenvalue weighted by atomic mass is 16.4. The molecule has 0 aromatic heterocycles. The average molecular weight is 540 g/mol. The molecule has 0 fully saturated rings. The zero-order valence-electron chi connectivity index (χ0n) is 24.3. The molecular formula is C31H57NO6. The molecule has 0 heterocycles. The van der Waals surface area contributed by atoms with Gasteiger partial charge in [0, 0.05) is 12.4 Å². The topological polar surface area (TPSA) is 115 Å². The lowest BCUT2D eigenvalue weighted by Gasteiger charge is -2.37. The number of rotatable bonds is 29. The van der Waals surface area contributed by atoms with Gasteiger partial charge in [0.1, 0.15) is 0 Å². The molecule has 222 valence electrons. The van der Waals surface area contributed by atoms with E-state index in [-0.39, 0.29) is 43.4 Å². The van der Waals surface area contributed by atoms with Crippen molar-refractivity contribution in [3.05, 3.63) is 12.2 Å². The molecule has 2 N–H and O–H groups in total. The van der Waals surface area contributed by atoms with Gasteiger partial charge >= 0.3 is 11.9 Å². The minimum absolute atomic E-state index is 0.125. The molecule has 0 aromatic rings. The zero-order chi connectivity index (χ0) is 28.3. The largest absolute Gasteiger partial charge is 0.550 e. The molecule has 0 aliphatic carbocycles. The zero-order valence-corrected chi connectivity index (χ0v) is 24.3.